The molecule has 0 aromatic heterocycles. The molecule has 0 atom stereocenters. The third-order valence-corrected chi connectivity index (χ3v) is 2.74. The monoisotopic (exact) mass is 258 g/mol. The first-order valence-electron chi connectivity index (χ1n) is 5.58. The van der Waals surface area contributed by atoms with Gasteiger partial charge >= 0.3 is 5.97 Å². The molecule has 3 heteroatoms. The normalized spacial score (nSPS) is 9.67. The van der Waals surface area contributed by atoms with Crippen molar-refractivity contribution in [1.82, 2.24) is 0 Å². The maximum absolute atomic E-state index is 11.2. The molecule has 0 saturated carbocycles. The molecule has 0 radical (unpaired) electrons. The number of esters is 1. The molecule has 0 amide bonds. The van der Waals surface area contributed by atoms with Gasteiger partial charge in [0.15, 0.2) is 0 Å². The number of ether oxygens (including phenoxy) is 1. The minimum absolute atomic E-state index is 0.323. The van der Waals surface area contributed by atoms with Gasteiger partial charge in [-0.25, -0.2) is 4.79 Å². The first-order chi connectivity index (χ1) is 8.72. The number of carbonyl (C=O) groups excluding carboxylic acids is 1. The average molecular weight is 259 g/mol. The average Bonchev–Trinajstić information content (AvgIpc) is 2.37. The molecule has 2 nitrogen and oxygen atoms in total. The van der Waals surface area contributed by atoms with Crippen LogP contribution in [-0.2, 0) is 9.53 Å². The molecular weight excluding hydrogens is 248 g/mol. The molecule has 0 N–H and O–H groups in total. The van der Waals surface area contributed by atoms with Gasteiger partial charge in [0.1, 0.15) is 0 Å². The molecular formula is C15H11ClO2. The topological polar surface area (TPSA) is 26.3 Å². The zero-order valence-electron chi connectivity index (χ0n) is 9.87. The van der Waals surface area contributed by atoms with Crippen molar-refractivity contribution in [2.45, 2.75) is 6.92 Å². The van der Waals surface area contributed by atoms with E-state index in [9.17, 15) is 4.79 Å². The van der Waals surface area contributed by atoms with Crippen LogP contribution in [0.3, 0.4) is 0 Å². The smallest absolute Gasteiger partial charge is 0.384 e. The van der Waals surface area contributed by atoms with Crippen LogP contribution < -0.4 is 0 Å². The van der Waals surface area contributed by atoms with Gasteiger partial charge in [-0.3, -0.25) is 0 Å². The predicted molar refractivity (Wildman–Crippen MR) is 72.5 cm³/mol. The zero-order valence-corrected chi connectivity index (χ0v) is 10.6. The van der Waals surface area contributed by atoms with E-state index in [0.29, 0.717) is 11.6 Å². The Labute approximate surface area is 111 Å². The van der Waals surface area contributed by atoms with Crippen molar-refractivity contribution in [2.75, 3.05) is 6.61 Å². The Hall–Kier alpha value is -1.98. The molecule has 0 heterocycles. The SMILES string of the molecule is CCOC(=O)C#Cc1cccc2cccc(Cl)c12. The van der Waals surface area contributed by atoms with Gasteiger partial charge in [0.25, 0.3) is 0 Å². The van der Waals surface area contributed by atoms with Crippen molar-refractivity contribution in [2.24, 2.45) is 0 Å². The summed E-state index contributed by atoms with van der Waals surface area (Å²) >= 11 is 6.15. The summed E-state index contributed by atoms with van der Waals surface area (Å²) in [7, 11) is 0. The summed E-state index contributed by atoms with van der Waals surface area (Å²) in [5.74, 6) is 4.73. The van der Waals surface area contributed by atoms with Gasteiger partial charge < -0.3 is 4.74 Å². The lowest BCUT2D eigenvalue weighted by atomic mass is 10.0. The molecule has 2 rings (SSSR count). The van der Waals surface area contributed by atoms with E-state index in [-0.39, 0.29) is 0 Å². The summed E-state index contributed by atoms with van der Waals surface area (Å²) in [5.41, 5.74) is 0.728. The number of rotatable bonds is 1. The van der Waals surface area contributed by atoms with E-state index < -0.39 is 5.97 Å². The maximum atomic E-state index is 11.2. The standard InChI is InChI=1S/C15H11ClO2/c1-2-18-14(17)10-9-12-6-3-5-11-7-4-8-13(16)15(11)12/h3-8H,2H2,1H3. The molecule has 0 aliphatic rings. The molecule has 0 spiro atoms. The largest absolute Gasteiger partial charge is 0.456 e. The molecule has 0 aliphatic heterocycles. The first-order valence-corrected chi connectivity index (χ1v) is 5.96. The Morgan fingerprint density at radius 2 is 2.00 bits per heavy atom. The summed E-state index contributed by atoms with van der Waals surface area (Å²) in [5, 5.41) is 2.48. The fourth-order valence-electron chi connectivity index (χ4n) is 1.68. The highest BCUT2D eigenvalue weighted by Gasteiger charge is 2.03. The molecule has 0 bridgehead atoms. The van der Waals surface area contributed by atoms with Crippen molar-refractivity contribution < 1.29 is 9.53 Å². The highest BCUT2D eigenvalue weighted by atomic mass is 35.5. The Balaban J connectivity index is 2.48. The third kappa shape index (κ3) is 2.64. The Kier molecular flexibility index (Phi) is 3.86. The molecule has 2 aromatic rings. The third-order valence-electron chi connectivity index (χ3n) is 2.43. The van der Waals surface area contributed by atoms with Gasteiger partial charge in [-0.15, -0.1) is 0 Å². The van der Waals surface area contributed by atoms with Gasteiger partial charge in [0.2, 0.25) is 0 Å². The van der Waals surface area contributed by atoms with Gasteiger partial charge in [-0.05, 0) is 24.4 Å². The molecule has 0 saturated heterocycles. The Morgan fingerprint density at radius 3 is 2.72 bits per heavy atom. The summed E-state index contributed by atoms with van der Waals surface area (Å²) in [6.45, 7) is 2.07. The van der Waals surface area contributed by atoms with E-state index in [1.807, 2.05) is 30.3 Å². The zero-order chi connectivity index (χ0) is 13.0. The highest BCUT2D eigenvalue weighted by molar-refractivity contribution is 6.36. The number of carbonyl (C=O) groups is 1. The van der Waals surface area contributed by atoms with Crippen LogP contribution in [0.1, 0.15) is 12.5 Å². The summed E-state index contributed by atoms with van der Waals surface area (Å²) in [6, 6.07) is 11.3. The first kappa shape index (κ1) is 12.5. The molecule has 0 aliphatic carbocycles. The Bertz CT molecular complexity index is 645. The number of halogens is 1. The molecule has 0 fully saturated rings. The van der Waals surface area contributed by atoms with Crippen LogP contribution in [0.15, 0.2) is 36.4 Å². The number of hydrogen-bond acceptors (Lipinski definition) is 2. The van der Waals surface area contributed by atoms with Crippen LogP contribution in [0.4, 0.5) is 0 Å². The molecule has 0 unspecified atom stereocenters. The van der Waals surface area contributed by atoms with Crippen LogP contribution in [-0.4, -0.2) is 12.6 Å². The maximum Gasteiger partial charge on any atom is 0.384 e. The number of fused-ring (bicyclic) bond motifs is 1. The van der Waals surface area contributed by atoms with Crippen LogP contribution in [0.2, 0.25) is 5.02 Å². The van der Waals surface area contributed by atoms with Crippen molar-refractivity contribution >= 4 is 28.3 Å². The van der Waals surface area contributed by atoms with Crippen molar-refractivity contribution in [3.05, 3.63) is 47.0 Å². The lowest BCUT2D eigenvalue weighted by Gasteiger charge is -2.02. The van der Waals surface area contributed by atoms with Gasteiger partial charge in [0.05, 0.1) is 6.61 Å². The summed E-state index contributed by atoms with van der Waals surface area (Å²) in [6.07, 6.45) is 0. The fraction of sp³-hybridized carbons (Fsp3) is 0.133. The second-order valence-electron chi connectivity index (χ2n) is 3.61. The minimum atomic E-state index is -0.526. The number of hydrogen-bond donors (Lipinski definition) is 0. The van der Waals surface area contributed by atoms with Crippen LogP contribution >= 0.6 is 11.6 Å². The van der Waals surface area contributed by atoms with Crippen molar-refractivity contribution in [1.29, 1.82) is 0 Å². The summed E-state index contributed by atoms with van der Waals surface area (Å²) in [4.78, 5) is 11.2. The summed E-state index contributed by atoms with van der Waals surface area (Å²) < 4.78 is 4.76. The van der Waals surface area contributed by atoms with E-state index in [1.165, 1.54) is 0 Å². The van der Waals surface area contributed by atoms with Gasteiger partial charge in [-0.1, -0.05) is 41.8 Å². The second-order valence-corrected chi connectivity index (χ2v) is 4.02. The van der Waals surface area contributed by atoms with Crippen LogP contribution in [0, 0.1) is 11.8 Å². The van der Waals surface area contributed by atoms with Gasteiger partial charge in [0, 0.05) is 21.9 Å². The lowest BCUT2D eigenvalue weighted by Crippen LogP contribution is -1.99. The predicted octanol–water partition coefficient (Wildman–Crippen LogP) is 3.41. The lowest BCUT2D eigenvalue weighted by molar-refractivity contribution is -0.136. The van der Waals surface area contributed by atoms with E-state index in [4.69, 9.17) is 16.3 Å². The quantitative estimate of drug-likeness (QED) is 0.579. The van der Waals surface area contributed by atoms with Crippen LogP contribution in [0.25, 0.3) is 10.8 Å². The van der Waals surface area contributed by atoms with E-state index >= 15 is 0 Å². The van der Waals surface area contributed by atoms with Crippen LogP contribution in [0.5, 0.6) is 0 Å². The number of benzene rings is 2. The molecule has 90 valence electrons. The molecule has 18 heavy (non-hydrogen) atoms. The van der Waals surface area contributed by atoms with Crippen molar-refractivity contribution in [3.8, 4) is 11.8 Å². The van der Waals surface area contributed by atoms with E-state index in [2.05, 4.69) is 11.8 Å². The minimum Gasteiger partial charge on any atom is -0.456 e. The highest BCUT2D eigenvalue weighted by Crippen LogP contribution is 2.26. The fourth-order valence-corrected chi connectivity index (χ4v) is 1.97. The van der Waals surface area contributed by atoms with Crippen molar-refractivity contribution in [3.63, 3.8) is 0 Å². The van der Waals surface area contributed by atoms with Gasteiger partial charge in [-0.2, -0.15) is 0 Å². The van der Waals surface area contributed by atoms with E-state index in [1.54, 1.807) is 13.0 Å². The van der Waals surface area contributed by atoms with E-state index in [0.717, 1.165) is 16.3 Å². The molecule has 2 aromatic carbocycles. The second kappa shape index (κ2) is 5.57. The Morgan fingerprint density at radius 1 is 1.28 bits per heavy atom.